The van der Waals surface area contributed by atoms with Gasteiger partial charge in [-0.25, -0.2) is 9.97 Å². The molecule has 0 unspecified atom stereocenters. The lowest BCUT2D eigenvalue weighted by Crippen LogP contribution is -2.27. The van der Waals surface area contributed by atoms with E-state index in [0.29, 0.717) is 24.5 Å². The zero-order valence-electron chi connectivity index (χ0n) is 18.9. The van der Waals surface area contributed by atoms with E-state index in [1.54, 1.807) is 14.2 Å². The molecule has 172 valence electrons. The Hall–Kier alpha value is -3.78. The molecule has 0 fully saturated rings. The highest BCUT2D eigenvalue weighted by Gasteiger charge is 2.15. The number of nitrogens with zero attached hydrogens (tertiary/aromatic N) is 3. The molecule has 0 atom stereocenters. The van der Waals surface area contributed by atoms with Gasteiger partial charge in [0.1, 0.15) is 5.65 Å². The Morgan fingerprint density at radius 2 is 1.71 bits per heavy atom. The molecule has 5 aromatic rings. The summed E-state index contributed by atoms with van der Waals surface area (Å²) in [7, 11) is 3.22. The molecule has 0 saturated heterocycles. The van der Waals surface area contributed by atoms with Gasteiger partial charge in [-0.2, -0.15) is 0 Å². The smallest absolute Gasteiger partial charge is 0.230 e. The van der Waals surface area contributed by atoms with E-state index in [9.17, 15) is 4.79 Å². The number of methoxy groups -OCH3 is 2. The van der Waals surface area contributed by atoms with Crippen molar-refractivity contribution in [2.75, 3.05) is 26.5 Å². The number of carbonyl (C=O) groups is 1. The van der Waals surface area contributed by atoms with Crippen LogP contribution in [0.1, 0.15) is 5.56 Å². The number of aromatic nitrogens is 3. The average molecular weight is 473 g/mol. The predicted octanol–water partition coefficient (Wildman–Crippen LogP) is 4.50. The Morgan fingerprint density at radius 3 is 2.53 bits per heavy atom. The second-order valence-electron chi connectivity index (χ2n) is 7.75. The fraction of sp³-hybridized carbons (Fsp3) is 0.192. The third kappa shape index (κ3) is 4.24. The lowest BCUT2D eigenvalue weighted by Gasteiger charge is -2.10. The fourth-order valence-electron chi connectivity index (χ4n) is 3.97. The van der Waals surface area contributed by atoms with E-state index in [2.05, 4.69) is 5.32 Å². The van der Waals surface area contributed by atoms with E-state index in [1.165, 1.54) is 11.8 Å². The maximum Gasteiger partial charge on any atom is 0.230 e. The normalized spacial score (nSPS) is 11.2. The van der Waals surface area contributed by atoms with Crippen molar-refractivity contribution in [2.24, 2.45) is 0 Å². The van der Waals surface area contributed by atoms with Crippen LogP contribution in [0, 0.1) is 0 Å². The zero-order valence-corrected chi connectivity index (χ0v) is 19.8. The SMILES string of the molecule is COc1ccc(CCNC(=O)CSc2nc3ccccc3c3nc4ccccc4n23)cc1OC. The number of amides is 1. The van der Waals surface area contributed by atoms with E-state index in [1.807, 2.05) is 71.1 Å². The molecular formula is C26H24N4O3S. The van der Waals surface area contributed by atoms with Crippen LogP contribution in [0.4, 0.5) is 0 Å². The second kappa shape index (κ2) is 9.61. The molecule has 8 heteroatoms. The van der Waals surface area contributed by atoms with Crippen molar-refractivity contribution in [3.8, 4) is 11.5 Å². The minimum atomic E-state index is -0.0435. The number of nitrogens with one attached hydrogen (secondary N) is 1. The first-order chi connectivity index (χ1) is 16.7. The van der Waals surface area contributed by atoms with E-state index >= 15 is 0 Å². The summed E-state index contributed by atoms with van der Waals surface area (Å²) in [6, 6.07) is 21.7. The Kier molecular flexibility index (Phi) is 6.22. The molecule has 7 nitrogen and oxygen atoms in total. The Labute approximate surface area is 201 Å². The summed E-state index contributed by atoms with van der Waals surface area (Å²) >= 11 is 1.41. The summed E-state index contributed by atoms with van der Waals surface area (Å²) in [6.07, 6.45) is 0.696. The van der Waals surface area contributed by atoms with E-state index < -0.39 is 0 Å². The summed E-state index contributed by atoms with van der Waals surface area (Å²) in [4.78, 5) is 22.3. The molecule has 0 aliphatic heterocycles. The van der Waals surface area contributed by atoms with Gasteiger partial charge in [-0.3, -0.25) is 9.20 Å². The highest BCUT2D eigenvalue weighted by molar-refractivity contribution is 7.99. The summed E-state index contributed by atoms with van der Waals surface area (Å²) < 4.78 is 12.7. The largest absolute Gasteiger partial charge is 0.493 e. The zero-order chi connectivity index (χ0) is 23.5. The van der Waals surface area contributed by atoms with Crippen molar-refractivity contribution in [3.05, 3.63) is 72.3 Å². The predicted molar refractivity (Wildman–Crippen MR) is 135 cm³/mol. The van der Waals surface area contributed by atoms with Gasteiger partial charge in [-0.05, 0) is 48.4 Å². The van der Waals surface area contributed by atoms with Gasteiger partial charge >= 0.3 is 0 Å². The molecule has 1 amide bonds. The molecule has 1 N–H and O–H groups in total. The van der Waals surface area contributed by atoms with Crippen LogP contribution in [-0.4, -0.2) is 46.8 Å². The molecular weight excluding hydrogens is 448 g/mol. The van der Waals surface area contributed by atoms with Crippen LogP contribution < -0.4 is 14.8 Å². The molecule has 2 heterocycles. The van der Waals surface area contributed by atoms with E-state index in [-0.39, 0.29) is 11.7 Å². The molecule has 0 aliphatic carbocycles. The number of rotatable bonds is 8. The second-order valence-corrected chi connectivity index (χ2v) is 8.69. The molecule has 34 heavy (non-hydrogen) atoms. The molecule has 0 radical (unpaired) electrons. The van der Waals surface area contributed by atoms with Gasteiger partial charge in [-0.15, -0.1) is 0 Å². The van der Waals surface area contributed by atoms with Crippen molar-refractivity contribution in [2.45, 2.75) is 11.6 Å². The van der Waals surface area contributed by atoms with Gasteiger partial charge in [0.2, 0.25) is 5.91 Å². The molecule has 0 bridgehead atoms. The monoisotopic (exact) mass is 472 g/mol. The number of carbonyl (C=O) groups excluding carboxylic acids is 1. The molecule has 2 aromatic heterocycles. The number of thioether (sulfide) groups is 1. The fourth-order valence-corrected chi connectivity index (χ4v) is 4.81. The minimum absolute atomic E-state index is 0.0435. The van der Waals surface area contributed by atoms with Gasteiger partial charge in [0.15, 0.2) is 16.7 Å². The van der Waals surface area contributed by atoms with Crippen LogP contribution in [0.3, 0.4) is 0 Å². The highest BCUT2D eigenvalue weighted by Crippen LogP contribution is 2.29. The van der Waals surface area contributed by atoms with Gasteiger partial charge < -0.3 is 14.8 Å². The molecule has 0 saturated carbocycles. The Balaban J connectivity index is 1.30. The van der Waals surface area contributed by atoms with Crippen LogP contribution >= 0.6 is 11.8 Å². The van der Waals surface area contributed by atoms with Crippen molar-refractivity contribution in [3.63, 3.8) is 0 Å². The number of fused-ring (bicyclic) bond motifs is 5. The minimum Gasteiger partial charge on any atom is -0.493 e. The topological polar surface area (TPSA) is 77.8 Å². The van der Waals surface area contributed by atoms with E-state index in [0.717, 1.165) is 38.3 Å². The maximum absolute atomic E-state index is 12.6. The average Bonchev–Trinajstić information content (AvgIpc) is 3.27. The third-order valence-corrected chi connectivity index (χ3v) is 6.57. The van der Waals surface area contributed by atoms with E-state index in [4.69, 9.17) is 19.4 Å². The lowest BCUT2D eigenvalue weighted by atomic mass is 10.1. The van der Waals surface area contributed by atoms with Gasteiger partial charge in [0, 0.05) is 11.9 Å². The summed E-state index contributed by atoms with van der Waals surface area (Å²) in [5.74, 6) is 1.59. The molecule has 3 aromatic carbocycles. The molecule has 5 rings (SSSR count). The van der Waals surface area contributed by atoms with Crippen LogP contribution in [0.15, 0.2) is 71.9 Å². The van der Waals surface area contributed by atoms with Crippen molar-refractivity contribution in [1.29, 1.82) is 0 Å². The van der Waals surface area contributed by atoms with Gasteiger partial charge in [-0.1, -0.05) is 42.1 Å². The Bertz CT molecular complexity index is 1500. The lowest BCUT2D eigenvalue weighted by molar-refractivity contribution is -0.118. The summed E-state index contributed by atoms with van der Waals surface area (Å²) in [5, 5.41) is 4.74. The number of benzene rings is 3. The summed E-state index contributed by atoms with van der Waals surface area (Å²) in [6.45, 7) is 0.531. The van der Waals surface area contributed by atoms with Crippen LogP contribution in [0.25, 0.3) is 27.6 Å². The number of hydrogen-bond donors (Lipinski definition) is 1. The number of ether oxygens (including phenoxy) is 2. The maximum atomic E-state index is 12.6. The first kappa shape index (κ1) is 22.0. The Morgan fingerprint density at radius 1 is 0.941 bits per heavy atom. The number of para-hydroxylation sites is 3. The number of hydrogen-bond acceptors (Lipinski definition) is 6. The van der Waals surface area contributed by atoms with Crippen molar-refractivity contribution < 1.29 is 14.3 Å². The highest BCUT2D eigenvalue weighted by atomic mass is 32.2. The first-order valence-electron chi connectivity index (χ1n) is 10.9. The molecule has 0 spiro atoms. The van der Waals surface area contributed by atoms with Crippen molar-refractivity contribution in [1.82, 2.24) is 19.7 Å². The number of imidazole rings is 1. The van der Waals surface area contributed by atoms with Gasteiger partial charge in [0.25, 0.3) is 0 Å². The van der Waals surface area contributed by atoms with Crippen LogP contribution in [0.5, 0.6) is 11.5 Å². The van der Waals surface area contributed by atoms with Crippen LogP contribution in [-0.2, 0) is 11.2 Å². The molecule has 0 aliphatic rings. The quantitative estimate of drug-likeness (QED) is 0.265. The summed E-state index contributed by atoms with van der Waals surface area (Å²) in [5.41, 5.74) is 4.66. The van der Waals surface area contributed by atoms with Crippen molar-refractivity contribution >= 4 is 45.3 Å². The van der Waals surface area contributed by atoms with Crippen LogP contribution in [0.2, 0.25) is 0 Å². The van der Waals surface area contributed by atoms with Gasteiger partial charge in [0.05, 0.1) is 36.5 Å². The standard InChI is InChI=1S/C26H24N4O3S/c1-32-22-12-11-17(15-23(22)33-2)13-14-27-24(31)16-34-26-29-19-8-4-3-7-18(19)25-28-20-9-5-6-10-21(20)30(25)26/h3-12,15H,13-14,16H2,1-2H3,(H,27,31). The third-order valence-electron chi connectivity index (χ3n) is 5.63. The first-order valence-corrected chi connectivity index (χ1v) is 11.9.